The molecule has 0 unspecified atom stereocenters. The summed E-state index contributed by atoms with van der Waals surface area (Å²) < 4.78 is 11.0. The van der Waals surface area contributed by atoms with E-state index in [1.165, 1.54) is 11.1 Å². The van der Waals surface area contributed by atoms with Crippen molar-refractivity contribution in [3.8, 4) is 0 Å². The van der Waals surface area contributed by atoms with Gasteiger partial charge >= 0.3 is 0 Å². The quantitative estimate of drug-likeness (QED) is 0.174. The molecule has 0 spiro atoms. The molecule has 1 aliphatic heterocycles. The van der Waals surface area contributed by atoms with Gasteiger partial charge in [0.2, 0.25) is 0 Å². The number of carbonyl (C=O) groups is 1. The van der Waals surface area contributed by atoms with Crippen molar-refractivity contribution in [2.75, 3.05) is 11.9 Å². The van der Waals surface area contributed by atoms with Gasteiger partial charge in [0.25, 0.3) is 9.70 Å². The van der Waals surface area contributed by atoms with Crippen LogP contribution in [-0.4, -0.2) is 32.4 Å². The van der Waals surface area contributed by atoms with Crippen LogP contribution >= 0.6 is 34.8 Å². The highest BCUT2D eigenvalue weighted by atomic mass is 35.6. The summed E-state index contributed by atoms with van der Waals surface area (Å²) in [4.78, 5) is 14.5. The van der Waals surface area contributed by atoms with Crippen LogP contribution in [0.3, 0.4) is 0 Å². The summed E-state index contributed by atoms with van der Waals surface area (Å²) in [5, 5.41) is 12.1. The number of alkyl halides is 3. The number of carbonyl (C=O) groups excluding carboxylic acids is 1. The predicted octanol–water partition coefficient (Wildman–Crippen LogP) is 7.74. The number of aliphatic hydroxyl groups is 1. The molecule has 43 heavy (non-hydrogen) atoms. The summed E-state index contributed by atoms with van der Waals surface area (Å²) in [7, 11) is 0. The zero-order valence-electron chi connectivity index (χ0n) is 23.4. The number of aliphatic hydroxyl groups excluding tert-OH is 1. The molecule has 0 saturated carbocycles. The highest BCUT2D eigenvalue weighted by molar-refractivity contribution is 6.76. The number of rotatable bonds is 10. The van der Waals surface area contributed by atoms with E-state index >= 15 is 0 Å². The molecule has 1 fully saturated rings. The number of halogens is 3. The van der Waals surface area contributed by atoms with Crippen LogP contribution in [0, 0.1) is 0 Å². The Bertz CT molecular complexity index is 1410. The molecule has 224 valence electrons. The first kappa shape index (κ1) is 31.5. The number of hydrogen-bond acceptors (Lipinski definition) is 5. The van der Waals surface area contributed by atoms with E-state index in [2.05, 4.69) is 58.7 Å². The minimum Gasteiger partial charge on any atom is -0.392 e. The lowest BCUT2D eigenvalue weighted by atomic mass is 9.99. The zero-order valence-corrected chi connectivity index (χ0v) is 25.7. The van der Waals surface area contributed by atoms with E-state index < -0.39 is 16.0 Å². The molecule has 9 heteroatoms. The van der Waals surface area contributed by atoms with Gasteiger partial charge < -0.3 is 19.9 Å². The van der Waals surface area contributed by atoms with Crippen molar-refractivity contribution < 1.29 is 19.4 Å². The Morgan fingerprint density at radius 2 is 1.33 bits per heavy atom. The van der Waals surface area contributed by atoms with Crippen molar-refractivity contribution in [1.82, 2.24) is 4.90 Å². The molecule has 6 nitrogen and oxygen atoms in total. The fourth-order valence-corrected chi connectivity index (χ4v) is 5.26. The van der Waals surface area contributed by atoms with Gasteiger partial charge in [-0.3, -0.25) is 9.69 Å². The Morgan fingerprint density at radius 3 is 1.86 bits per heavy atom. The fourth-order valence-electron chi connectivity index (χ4n) is 5.11. The summed E-state index contributed by atoms with van der Waals surface area (Å²) >= 11 is 17.1. The lowest BCUT2D eigenvalue weighted by molar-refractivity contribution is -0.253. The summed E-state index contributed by atoms with van der Waals surface area (Å²) in [6.07, 6.45) is -0.352. The van der Waals surface area contributed by atoms with Crippen molar-refractivity contribution in [3.63, 3.8) is 0 Å². The van der Waals surface area contributed by atoms with Gasteiger partial charge in [0, 0.05) is 37.3 Å². The first-order valence-corrected chi connectivity index (χ1v) is 15.2. The number of anilines is 1. The molecule has 1 aliphatic rings. The molecule has 3 atom stereocenters. The third-order valence-corrected chi connectivity index (χ3v) is 7.79. The molecule has 5 rings (SSSR count). The van der Waals surface area contributed by atoms with Gasteiger partial charge in [0.15, 0.2) is 6.29 Å². The maximum Gasteiger partial charge on any atom is 0.276 e. The fraction of sp³-hybridized carbons (Fsp3) is 0.265. The summed E-state index contributed by atoms with van der Waals surface area (Å²) in [5.74, 6) is -0.737. The largest absolute Gasteiger partial charge is 0.392 e. The molecule has 1 amide bonds. The van der Waals surface area contributed by atoms with Crippen LogP contribution in [0.1, 0.15) is 46.6 Å². The highest BCUT2D eigenvalue weighted by Crippen LogP contribution is 2.39. The normalized spacial score (nSPS) is 18.9. The molecule has 1 saturated heterocycles. The molecule has 0 bridgehead atoms. The Balaban J connectivity index is 1.38. The third-order valence-electron chi connectivity index (χ3n) is 7.27. The molecule has 2 N–H and O–H groups in total. The van der Waals surface area contributed by atoms with Crippen molar-refractivity contribution in [3.05, 3.63) is 137 Å². The van der Waals surface area contributed by atoms with Gasteiger partial charge in [0.05, 0.1) is 18.8 Å². The number of nitrogens with one attached hydrogen (secondary N) is 1. The van der Waals surface area contributed by atoms with E-state index in [0.717, 1.165) is 29.8 Å². The third kappa shape index (κ3) is 9.03. The van der Waals surface area contributed by atoms with Gasteiger partial charge in [-0.05, 0) is 34.4 Å². The van der Waals surface area contributed by atoms with Crippen LogP contribution in [0.25, 0.3) is 0 Å². The maximum absolute atomic E-state index is 12.1. The first-order chi connectivity index (χ1) is 20.8. The van der Waals surface area contributed by atoms with E-state index in [4.69, 9.17) is 44.3 Å². The van der Waals surface area contributed by atoms with Gasteiger partial charge in [-0.1, -0.05) is 132 Å². The molecule has 4 aromatic rings. The zero-order chi connectivity index (χ0) is 30.2. The highest BCUT2D eigenvalue weighted by Gasteiger charge is 2.34. The van der Waals surface area contributed by atoms with Crippen molar-refractivity contribution in [1.29, 1.82) is 0 Å². The number of ether oxygens (including phenoxy) is 2. The van der Waals surface area contributed by atoms with E-state index in [9.17, 15) is 9.90 Å². The van der Waals surface area contributed by atoms with Crippen LogP contribution in [0.5, 0.6) is 0 Å². The smallest absolute Gasteiger partial charge is 0.276 e. The molecule has 0 radical (unpaired) electrons. The Hall–Kier alpha value is -2.94. The van der Waals surface area contributed by atoms with Gasteiger partial charge in [-0.15, -0.1) is 0 Å². The molecule has 4 aromatic carbocycles. The lowest BCUT2D eigenvalue weighted by Crippen LogP contribution is -2.39. The minimum absolute atomic E-state index is 0.0186. The number of hydrogen-bond donors (Lipinski definition) is 2. The number of amides is 1. The summed E-state index contributed by atoms with van der Waals surface area (Å²) in [5.41, 5.74) is 5.59. The van der Waals surface area contributed by atoms with Crippen molar-refractivity contribution in [2.45, 2.75) is 48.4 Å². The molecule has 1 heterocycles. The summed E-state index contributed by atoms with van der Waals surface area (Å²) in [6.45, 7) is 2.21. The van der Waals surface area contributed by atoms with E-state index in [-0.39, 0.29) is 18.8 Å². The Morgan fingerprint density at radius 1 is 0.767 bits per heavy atom. The van der Waals surface area contributed by atoms with Gasteiger partial charge in [-0.2, -0.15) is 0 Å². The SMILES string of the molecule is O=C(Nc1ccc([C@@H]2O[C@H](CN(Cc3ccccc3)Cc3ccccc3)C[C@H](c3ccc(CO)cc3)O2)cc1)C(Cl)(Cl)Cl. The molecular weight excluding hydrogens is 607 g/mol. The Kier molecular flexibility index (Phi) is 10.8. The monoisotopic (exact) mass is 638 g/mol. The standard InChI is InChI=1S/C34H33Cl3N2O4/c35-34(36,37)33(41)38-29-17-15-28(16-18-29)32-42-30(19-31(43-32)27-13-11-26(23-40)12-14-27)22-39(20-24-7-3-1-4-8-24)21-25-9-5-2-6-10-25/h1-18,30-32,40H,19-23H2,(H,38,41)/t30-,31+,32+/m0/s1. The minimum atomic E-state index is -2.06. The Labute approximate surface area is 267 Å². The average Bonchev–Trinajstić information content (AvgIpc) is 3.02. The van der Waals surface area contributed by atoms with Crippen LogP contribution in [-0.2, 0) is 34.0 Å². The van der Waals surface area contributed by atoms with Crippen molar-refractivity contribution in [2.24, 2.45) is 0 Å². The topological polar surface area (TPSA) is 71.0 Å². The molecule has 0 aliphatic carbocycles. The predicted molar refractivity (Wildman–Crippen MR) is 171 cm³/mol. The molecular formula is C34H33Cl3N2O4. The van der Waals surface area contributed by atoms with Crippen LogP contribution in [0.4, 0.5) is 5.69 Å². The average molecular weight is 640 g/mol. The van der Waals surface area contributed by atoms with E-state index in [1.807, 2.05) is 48.5 Å². The van der Waals surface area contributed by atoms with Crippen LogP contribution in [0.15, 0.2) is 109 Å². The molecule has 0 aromatic heterocycles. The van der Waals surface area contributed by atoms with Gasteiger partial charge in [0.1, 0.15) is 0 Å². The van der Waals surface area contributed by atoms with E-state index in [1.54, 1.807) is 12.1 Å². The van der Waals surface area contributed by atoms with E-state index in [0.29, 0.717) is 18.7 Å². The summed E-state index contributed by atoms with van der Waals surface area (Å²) in [6, 6.07) is 35.8. The number of nitrogens with zero attached hydrogens (tertiary/aromatic N) is 1. The van der Waals surface area contributed by atoms with Crippen LogP contribution in [0.2, 0.25) is 0 Å². The second-order valence-electron chi connectivity index (χ2n) is 10.6. The second-order valence-corrected chi connectivity index (χ2v) is 12.8. The van der Waals surface area contributed by atoms with Gasteiger partial charge in [-0.25, -0.2) is 0 Å². The maximum atomic E-state index is 12.1. The lowest BCUT2D eigenvalue weighted by Gasteiger charge is -2.38. The van der Waals surface area contributed by atoms with Crippen LogP contribution < -0.4 is 5.32 Å². The first-order valence-electron chi connectivity index (χ1n) is 14.1. The van der Waals surface area contributed by atoms with Crippen molar-refractivity contribution >= 4 is 46.4 Å². The number of benzene rings is 4. The second kappa shape index (κ2) is 14.7.